The van der Waals surface area contributed by atoms with Crippen molar-refractivity contribution in [2.45, 2.75) is 46.1 Å². The largest absolute Gasteiger partial charge is 0.371 e. The van der Waals surface area contributed by atoms with Crippen LogP contribution in [0.3, 0.4) is 0 Å². The van der Waals surface area contributed by atoms with Crippen LogP contribution >= 0.6 is 0 Å². The first-order chi connectivity index (χ1) is 14.0. The number of carbonyl (C=O) groups excluding carboxylic acids is 1. The zero-order valence-corrected chi connectivity index (χ0v) is 17.6. The highest BCUT2D eigenvalue weighted by Crippen LogP contribution is 2.25. The summed E-state index contributed by atoms with van der Waals surface area (Å²) in [6.07, 6.45) is 5.40. The van der Waals surface area contributed by atoms with Crippen molar-refractivity contribution >= 4 is 17.2 Å². The lowest BCUT2D eigenvalue weighted by Crippen LogP contribution is -2.28. The number of rotatable bonds is 6. The van der Waals surface area contributed by atoms with Crippen molar-refractivity contribution < 1.29 is 4.79 Å². The Morgan fingerprint density at radius 1 is 1.14 bits per heavy atom. The molecular weight excluding hydrogens is 362 g/mol. The van der Waals surface area contributed by atoms with Crippen molar-refractivity contribution in [3.8, 4) is 0 Å². The first-order valence-electron chi connectivity index (χ1n) is 10.4. The minimum Gasteiger partial charge on any atom is -0.371 e. The van der Waals surface area contributed by atoms with Gasteiger partial charge in [-0.25, -0.2) is 9.50 Å². The topological polar surface area (TPSA) is 53.7 Å². The number of para-hydroxylation sites is 1. The Hall–Kier alpha value is -2.89. The van der Waals surface area contributed by atoms with Gasteiger partial charge in [0.05, 0.1) is 6.20 Å². The Morgan fingerprint density at radius 3 is 2.69 bits per heavy atom. The van der Waals surface area contributed by atoms with Crippen LogP contribution in [0, 0.1) is 13.8 Å². The number of fused-ring (bicyclic) bond motifs is 1. The highest BCUT2D eigenvalue weighted by Gasteiger charge is 2.18. The molecule has 1 aliphatic rings. The molecule has 0 N–H and O–H groups in total. The van der Waals surface area contributed by atoms with Crippen LogP contribution in [-0.4, -0.2) is 45.5 Å². The van der Waals surface area contributed by atoms with Gasteiger partial charge in [-0.2, -0.15) is 5.10 Å². The van der Waals surface area contributed by atoms with Crippen molar-refractivity contribution in [3.05, 3.63) is 59.0 Å². The van der Waals surface area contributed by atoms with Crippen LogP contribution in [0.25, 0.3) is 5.65 Å². The molecule has 1 aliphatic heterocycles. The summed E-state index contributed by atoms with van der Waals surface area (Å²) in [6, 6.07) is 10.4. The van der Waals surface area contributed by atoms with Gasteiger partial charge in [-0.3, -0.25) is 4.79 Å². The first-order valence-corrected chi connectivity index (χ1v) is 10.4. The van der Waals surface area contributed by atoms with E-state index in [-0.39, 0.29) is 5.91 Å². The Balaban J connectivity index is 1.43. The summed E-state index contributed by atoms with van der Waals surface area (Å²) < 4.78 is 1.85. The van der Waals surface area contributed by atoms with Crippen LogP contribution < -0.4 is 4.90 Å². The van der Waals surface area contributed by atoms with E-state index < -0.39 is 0 Å². The highest BCUT2D eigenvalue weighted by molar-refractivity contribution is 5.76. The predicted molar refractivity (Wildman–Crippen MR) is 115 cm³/mol. The van der Waals surface area contributed by atoms with Gasteiger partial charge in [0.2, 0.25) is 5.91 Å². The van der Waals surface area contributed by atoms with Crippen LogP contribution in [0.1, 0.15) is 41.8 Å². The molecular formula is C23H29N5O. The van der Waals surface area contributed by atoms with Gasteiger partial charge in [0.25, 0.3) is 0 Å². The van der Waals surface area contributed by atoms with Crippen LogP contribution in [0.5, 0.6) is 0 Å². The molecule has 1 saturated heterocycles. The first kappa shape index (κ1) is 19.4. The molecule has 0 aliphatic carbocycles. The fourth-order valence-electron chi connectivity index (χ4n) is 4.31. The van der Waals surface area contributed by atoms with Gasteiger partial charge in [-0.15, -0.1) is 0 Å². The average Bonchev–Trinajstić information content (AvgIpc) is 3.40. The second-order valence-corrected chi connectivity index (χ2v) is 7.94. The van der Waals surface area contributed by atoms with Gasteiger partial charge in [0.1, 0.15) is 0 Å². The summed E-state index contributed by atoms with van der Waals surface area (Å²) in [5.74, 6) is 0.153. The maximum absolute atomic E-state index is 12.9. The van der Waals surface area contributed by atoms with Crippen molar-refractivity contribution in [1.29, 1.82) is 0 Å². The third kappa shape index (κ3) is 3.97. The summed E-state index contributed by atoms with van der Waals surface area (Å²) in [4.78, 5) is 21.8. The highest BCUT2D eigenvalue weighted by atomic mass is 16.2. The van der Waals surface area contributed by atoms with Gasteiger partial charge < -0.3 is 9.80 Å². The number of anilines is 1. The standard InChI is InChI=1S/C23H29N5O/c1-17-20(18(2)28-22(25-17)12-13-24-28)10-11-23(29)26(3)16-19-8-4-5-9-21(19)27-14-6-7-15-27/h4-5,8-9,12-13H,6-7,10-11,14-16H2,1-3H3. The summed E-state index contributed by atoms with van der Waals surface area (Å²) >= 11 is 0. The van der Waals surface area contributed by atoms with Crippen LogP contribution in [-0.2, 0) is 17.8 Å². The van der Waals surface area contributed by atoms with Crippen molar-refractivity contribution in [3.63, 3.8) is 0 Å². The van der Waals surface area contributed by atoms with E-state index in [0.29, 0.717) is 19.4 Å². The minimum atomic E-state index is 0.153. The number of amides is 1. The SMILES string of the molecule is Cc1nc2ccnn2c(C)c1CCC(=O)N(C)Cc1ccccc1N1CCCC1. The van der Waals surface area contributed by atoms with Gasteiger partial charge in [0.15, 0.2) is 5.65 Å². The molecule has 0 saturated carbocycles. The maximum Gasteiger partial charge on any atom is 0.222 e. The van der Waals surface area contributed by atoms with Crippen molar-refractivity contribution in [2.24, 2.45) is 0 Å². The number of nitrogens with zero attached hydrogens (tertiary/aromatic N) is 5. The lowest BCUT2D eigenvalue weighted by atomic mass is 10.1. The Bertz CT molecular complexity index is 1020. The predicted octanol–water partition coefficient (Wildman–Crippen LogP) is 3.54. The van der Waals surface area contributed by atoms with Crippen molar-refractivity contribution in [1.82, 2.24) is 19.5 Å². The Labute approximate surface area is 172 Å². The van der Waals surface area contributed by atoms with Gasteiger partial charge >= 0.3 is 0 Å². The Kier molecular flexibility index (Phi) is 5.51. The fraction of sp³-hybridized carbons (Fsp3) is 0.435. The monoisotopic (exact) mass is 391 g/mol. The molecule has 0 atom stereocenters. The molecule has 2 aromatic heterocycles. The smallest absolute Gasteiger partial charge is 0.222 e. The zero-order chi connectivity index (χ0) is 20.4. The molecule has 152 valence electrons. The van der Waals surface area contributed by atoms with Gasteiger partial charge in [-0.1, -0.05) is 18.2 Å². The molecule has 6 heteroatoms. The summed E-state index contributed by atoms with van der Waals surface area (Å²) in [6.45, 7) is 6.91. The second-order valence-electron chi connectivity index (χ2n) is 7.94. The minimum absolute atomic E-state index is 0.153. The van der Waals surface area contributed by atoms with E-state index in [1.807, 2.05) is 36.4 Å². The van der Waals surface area contributed by atoms with Crippen LogP contribution in [0.2, 0.25) is 0 Å². The molecule has 1 fully saturated rings. The molecule has 3 heterocycles. The molecule has 6 nitrogen and oxygen atoms in total. The molecule has 0 bridgehead atoms. The molecule has 0 radical (unpaired) electrons. The third-order valence-electron chi connectivity index (χ3n) is 5.96. The molecule has 1 aromatic carbocycles. The van der Waals surface area contributed by atoms with E-state index >= 15 is 0 Å². The van der Waals surface area contributed by atoms with E-state index in [0.717, 1.165) is 35.7 Å². The normalized spacial score (nSPS) is 14.0. The second kappa shape index (κ2) is 8.23. The number of hydrogen-bond donors (Lipinski definition) is 0. The maximum atomic E-state index is 12.9. The Morgan fingerprint density at radius 2 is 1.90 bits per heavy atom. The molecule has 4 rings (SSSR count). The van der Waals surface area contributed by atoms with Crippen LogP contribution in [0.4, 0.5) is 5.69 Å². The fourth-order valence-corrected chi connectivity index (χ4v) is 4.31. The number of carbonyl (C=O) groups is 1. The third-order valence-corrected chi connectivity index (χ3v) is 5.96. The van der Waals surface area contributed by atoms with E-state index in [4.69, 9.17) is 0 Å². The van der Waals surface area contributed by atoms with Gasteiger partial charge in [0, 0.05) is 56.2 Å². The summed E-state index contributed by atoms with van der Waals surface area (Å²) in [7, 11) is 1.90. The van der Waals surface area contributed by atoms with E-state index in [9.17, 15) is 4.79 Å². The average molecular weight is 392 g/mol. The number of aromatic nitrogens is 3. The molecule has 29 heavy (non-hydrogen) atoms. The molecule has 0 spiro atoms. The number of aryl methyl sites for hydroxylation is 2. The summed E-state index contributed by atoms with van der Waals surface area (Å²) in [5, 5.41) is 4.34. The molecule has 1 amide bonds. The zero-order valence-electron chi connectivity index (χ0n) is 17.6. The van der Waals surface area contributed by atoms with Gasteiger partial charge in [-0.05, 0) is 50.3 Å². The summed E-state index contributed by atoms with van der Waals surface area (Å²) in [5.41, 5.74) is 6.49. The quantitative estimate of drug-likeness (QED) is 0.645. The van der Waals surface area contributed by atoms with E-state index in [1.54, 1.807) is 6.20 Å². The van der Waals surface area contributed by atoms with Crippen LogP contribution in [0.15, 0.2) is 36.5 Å². The van der Waals surface area contributed by atoms with E-state index in [1.165, 1.54) is 24.1 Å². The molecule has 3 aromatic rings. The lowest BCUT2D eigenvalue weighted by molar-refractivity contribution is -0.130. The lowest BCUT2D eigenvalue weighted by Gasteiger charge is -2.24. The number of hydrogen-bond acceptors (Lipinski definition) is 4. The molecule has 0 unspecified atom stereocenters. The van der Waals surface area contributed by atoms with Crippen molar-refractivity contribution in [2.75, 3.05) is 25.0 Å². The number of benzene rings is 1. The van der Waals surface area contributed by atoms with E-state index in [2.05, 4.69) is 39.2 Å².